The van der Waals surface area contributed by atoms with Crippen LogP contribution in [0.25, 0.3) is 0 Å². The van der Waals surface area contributed by atoms with Crippen molar-refractivity contribution in [1.29, 1.82) is 0 Å². The lowest BCUT2D eigenvalue weighted by atomic mass is 10.1. The zero-order valence-corrected chi connectivity index (χ0v) is 18.3. The number of carbonyl (C=O) groups is 3. The standard InChI is InChI=1S/C22H27N3O6/c1-14-6-8-16(9-7-14)24-19(26)13-25(2)20(27)12-23-22(28)15-10-17(29-3)21(31-5)18(11-15)30-4/h6-11H,12-13H2,1-5H3,(H,23,28)(H,24,26). The van der Waals surface area contributed by atoms with Crippen molar-refractivity contribution < 1.29 is 28.6 Å². The molecule has 0 atom stereocenters. The van der Waals surface area contributed by atoms with E-state index in [4.69, 9.17) is 14.2 Å². The fourth-order valence-electron chi connectivity index (χ4n) is 2.75. The topological polar surface area (TPSA) is 106 Å². The molecule has 0 aromatic heterocycles. The Bertz CT molecular complexity index is 918. The summed E-state index contributed by atoms with van der Waals surface area (Å²) < 4.78 is 15.7. The zero-order chi connectivity index (χ0) is 23.0. The Kier molecular flexibility index (Phi) is 8.25. The van der Waals surface area contributed by atoms with Gasteiger partial charge in [0.2, 0.25) is 17.6 Å². The Morgan fingerprint density at radius 1 is 0.935 bits per heavy atom. The highest BCUT2D eigenvalue weighted by molar-refractivity contribution is 5.98. The molecule has 0 aliphatic carbocycles. The molecule has 0 saturated carbocycles. The molecule has 0 unspecified atom stereocenters. The average molecular weight is 429 g/mol. The Morgan fingerprint density at radius 3 is 2.03 bits per heavy atom. The van der Waals surface area contributed by atoms with Gasteiger partial charge in [-0.25, -0.2) is 0 Å². The van der Waals surface area contributed by atoms with Gasteiger partial charge in [-0.3, -0.25) is 14.4 Å². The monoisotopic (exact) mass is 429 g/mol. The minimum atomic E-state index is -0.495. The number of carbonyl (C=O) groups excluding carboxylic acids is 3. The molecule has 166 valence electrons. The van der Waals surface area contributed by atoms with Crippen LogP contribution in [-0.4, -0.2) is 64.1 Å². The predicted octanol–water partition coefficient (Wildman–Crippen LogP) is 1.85. The van der Waals surface area contributed by atoms with Gasteiger partial charge in [0.1, 0.15) is 0 Å². The number of likely N-dealkylation sites (N-methyl/N-ethyl adjacent to an activating group) is 1. The van der Waals surface area contributed by atoms with E-state index in [0.717, 1.165) is 5.56 Å². The summed E-state index contributed by atoms with van der Waals surface area (Å²) in [5.41, 5.74) is 1.96. The van der Waals surface area contributed by atoms with E-state index in [2.05, 4.69) is 10.6 Å². The highest BCUT2D eigenvalue weighted by atomic mass is 16.5. The number of nitrogens with zero attached hydrogens (tertiary/aromatic N) is 1. The lowest BCUT2D eigenvalue weighted by molar-refractivity contribution is -0.132. The maximum absolute atomic E-state index is 12.5. The van der Waals surface area contributed by atoms with E-state index in [-0.39, 0.29) is 24.6 Å². The molecule has 0 radical (unpaired) electrons. The number of hydrogen-bond acceptors (Lipinski definition) is 6. The number of rotatable bonds is 9. The molecule has 2 N–H and O–H groups in total. The van der Waals surface area contributed by atoms with E-state index in [0.29, 0.717) is 22.9 Å². The maximum Gasteiger partial charge on any atom is 0.251 e. The Hall–Kier alpha value is -3.75. The first-order valence-electron chi connectivity index (χ1n) is 9.47. The highest BCUT2D eigenvalue weighted by Crippen LogP contribution is 2.38. The van der Waals surface area contributed by atoms with E-state index < -0.39 is 11.8 Å². The van der Waals surface area contributed by atoms with Crippen molar-refractivity contribution in [3.63, 3.8) is 0 Å². The molecule has 9 heteroatoms. The summed E-state index contributed by atoms with van der Waals surface area (Å²) in [6.07, 6.45) is 0. The number of amides is 3. The van der Waals surface area contributed by atoms with Crippen molar-refractivity contribution in [3.05, 3.63) is 47.5 Å². The van der Waals surface area contributed by atoms with Gasteiger partial charge in [0.25, 0.3) is 5.91 Å². The molecule has 0 fully saturated rings. The smallest absolute Gasteiger partial charge is 0.251 e. The van der Waals surface area contributed by atoms with Crippen LogP contribution in [0.15, 0.2) is 36.4 Å². The van der Waals surface area contributed by atoms with E-state index in [9.17, 15) is 14.4 Å². The number of methoxy groups -OCH3 is 3. The van der Waals surface area contributed by atoms with Crippen LogP contribution in [0.2, 0.25) is 0 Å². The molecule has 2 rings (SSSR count). The van der Waals surface area contributed by atoms with Gasteiger partial charge in [0.05, 0.1) is 34.4 Å². The minimum absolute atomic E-state index is 0.146. The number of ether oxygens (including phenoxy) is 3. The predicted molar refractivity (Wildman–Crippen MR) is 116 cm³/mol. The second-order valence-corrected chi connectivity index (χ2v) is 6.76. The van der Waals surface area contributed by atoms with Gasteiger partial charge in [0, 0.05) is 18.3 Å². The quantitative estimate of drug-likeness (QED) is 0.630. The van der Waals surface area contributed by atoms with Gasteiger partial charge in [-0.15, -0.1) is 0 Å². The van der Waals surface area contributed by atoms with Crippen molar-refractivity contribution in [1.82, 2.24) is 10.2 Å². The van der Waals surface area contributed by atoms with Crippen LogP contribution in [-0.2, 0) is 9.59 Å². The molecule has 0 saturated heterocycles. The Morgan fingerprint density at radius 2 is 1.52 bits per heavy atom. The van der Waals surface area contributed by atoms with Gasteiger partial charge in [-0.1, -0.05) is 17.7 Å². The van der Waals surface area contributed by atoms with E-state index in [1.807, 2.05) is 19.1 Å². The molecule has 2 aromatic rings. The molecule has 0 aliphatic heterocycles. The summed E-state index contributed by atoms with van der Waals surface area (Å²) >= 11 is 0. The molecule has 0 spiro atoms. The van der Waals surface area contributed by atoms with Gasteiger partial charge in [-0.2, -0.15) is 0 Å². The molecule has 31 heavy (non-hydrogen) atoms. The molecule has 0 bridgehead atoms. The summed E-state index contributed by atoms with van der Waals surface area (Å²) in [6.45, 7) is 1.53. The van der Waals surface area contributed by atoms with Crippen LogP contribution >= 0.6 is 0 Å². The van der Waals surface area contributed by atoms with Crippen molar-refractivity contribution in [2.24, 2.45) is 0 Å². The summed E-state index contributed by atoms with van der Waals surface area (Å²) in [6, 6.07) is 10.3. The Balaban J connectivity index is 1.93. The van der Waals surface area contributed by atoms with Crippen LogP contribution in [0.3, 0.4) is 0 Å². The van der Waals surface area contributed by atoms with Crippen LogP contribution in [0.4, 0.5) is 5.69 Å². The van der Waals surface area contributed by atoms with Gasteiger partial charge in [0.15, 0.2) is 11.5 Å². The molecule has 2 aromatic carbocycles. The number of benzene rings is 2. The lowest BCUT2D eigenvalue weighted by Crippen LogP contribution is -2.41. The first-order valence-corrected chi connectivity index (χ1v) is 9.47. The molecular formula is C22H27N3O6. The number of nitrogens with one attached hydrogen (secondary N) is 2. The van der Waals surface area contributed by atoms with E-state index in [1.54, 1.807) is 12.1 Å². The molecule has 9 nitrogen and oxygen atoms in total. The number of aryl methyl sites for hydroxylation is 1. The third-order valence-electron chi connectivity index (χ3n) is 4.47. The molecule has 0 aliphatic rings. The minimum Gasteiger partial charge on any atom is -0.493 e. The van der Waals surface area contributed by atoms with E-state index >= 15 is 0 Å². The normalized spacial score (nSPS) is 10.1. The molecule has 3 amide bonds. The highest BCUT2D eigenvalue weighted by Gasteiger charge is 2.19. The molecule has 0 heterocycles. The van der Waals surface area contributed by atoms with Crippen LogP contribution < -0.4 is 24.8 Å². The maximum atomic E-state index is 12.5. The first-order chi connectivity index (χ1) is 14.8. The van der Waals surface area contributed by atoms with Crippen LogP contribution in [0.1, 0.15) is 15.9 Å². The van der Waals surface area contributed by atoms with Crippen molar-refractivity contribution >= 4 is 23.4 Å². The fraction of sp³-hybridized carbons (Fsp3) is 0.318. The van der Waals surface area contributed by atoms with Crippen LogP contribution in [0.5, 0.6) is 17.2 Å². The third kappa shape index (κ3) is 6.36. The number of hydrogen-bond donors (Lipinski definition) is 2. The van der Waals surface area contributed by atoms with Gasteiger partial charge < -0.3 is 29.7 Å². The second kappa shape index (κ2) is 10.9. The first kappa shape index (κ1) is 23.5. The van der Waals surface area contributed by atoms with E-state index in [1.165, 1.54) is 45.4 Å². The lowest BCUT2D eigenvalue weighted by Gasteiger charge is -2.18. The summed E-state index contributed by atoms with van der Waals surface area (Å²) in [7, 11) is 5.84. The van der Waals surface area contributed by atoms with Crippen molar-refractivity contribution in [3.8, 4) is 17.2 Å². The van der Waals surface area contributed by atoms with Crippen LogP contribution in [0, 0.1) is 6.92 Å². The Labute approximate surface area is 181 Å². The van der Waals surface area contributed by atoms with Crippen molar-refractivity contribution in [2.45, 2.75) is 6.92 Å². The van der Waals surface area contributed by atoms with Crippen molar-refractivity contribution in [2.75, 3.05) is 46.8 Å². The zero-order valence-electron chi connectivity index (χ0n) is 18.3. The fourth-order valence-corrected chi connectivity index (χ4v) is 2.75. The van der Waals surface area contributed by atoms with Gasteiger partial charge in [-0.05, 0) is 31.2 Å². The number of anilines is 1. The SMILES string of the molecule is COc1cc(C(=O)NCC(=O)N(C)CC(=O)Nc2ccc(C)cc2)cc(OC)c1OC. The summed E-state index contributed by atoms with van der Waals surface area (Å²) in [5, 5.41) is 5.26. The molecular weight excluding hydrogens is 402 g/mol. The summed E-state index contributed by atoms with van der Waals surface area (Å²) in [5.74, 6) is -0.246. The summed E-state index contributed by atoms with van der Waals surface area (Å²) in [4.78, 5) is 38.2. The third-order valence-corrected chi connectivity index (χ3v) is 4.47. The van der Waals surface area contributed by atoms with Gasteiger partial charge >= 0.3 is 0 Å². The largest absolute Gasteiger partial charge is 0.493 e. The average Bonchev–Trinajstić information content (AvgIpc) is 2.77. The second-order valence-electron chi connectivity index (χ2n) is 6.76.